The van der Waals surface area contributed by atoms with Crippen molar-refractivity contribution >= 4 is 22.6 Å². The Morgan fingerprint density at radius 1 is 1.20 bits per heavy atom. The molecule has 1 atom stereocenters. The standard InChI is InChI=1S/C17H25IN2/c1-16(2)12-20(10-13-4-8-15(18)9-5-13)17(3,11-19-16)14-6-7-14/h4-5,8-9,14,19H,6-7,10-12H2,1-3H3. The quantitative estimate of drug-likeness (QED) is 0.801. The summed E-state index contributed by atoms with van der Waals surface area (Å²) in [4.78, 5) is 2.73. The van der Waals surface area contributed by atoms with E-state index in [4.69, 9.17) is 0 Å². The van der Waals surface area contributed by atoms with Gasteiger partial charge in [-0.3, -0.25) is 4.90 Å². The van der Waals surface area contributed by atoms with Gasteiger partial charge in [0.1, 0.15) is 0 Å². The van der Waals surface area contributed by atoms with Crippen LogP contribution in [0, 0.1) is 9.49 Å². The van der Waals surface area contributed by atoms with Gasteiger partial charge in [0, 0.05) is 34.3 Å². The zero-order chi connectivity index (χ0) is 14.4. The zero-order valence-corrected chi connectivity index (χ0v) is 14.9. The number of rotatable bonds is 3. The van der Waals surface area contributed by atoms with Crippen LogP contribution in [0.2, 0.25) is 0 Å². The van der Waals surface area contributed by atoms with Crippen molar-refractivity contribution in [2.45, 2.75) is 51.2 Å². The maximum Gasteiger partial charge on any atom is 0.0338 e. The van der Waals surface area contributed by atoms with Gasteiger partial charge in [-0.2, -0.15) is 0 Å². The molecule has 1 saturated heterocycles. The van der Waals surface area contributed by atoms with E-state index in [9.17, 15) is 0 Å². The van der Waals surface area contributed by atoms with Gasteiger partial charge in [-0.25, -0.2) is 0 Å². The van der Waals surface area contributed by atoms with E-state index in [-0.39, 0.29) is 5.54 Å². The molecule has 2 aliphatic rings. The molecule has 1 aliphatic heterocycles. The number of halogens is 1. The summed E-state index contributed by atoms with van der Waals surface area (Å²) in [5.74, 6) is 0.884. The third-order valence-electron chi connectivity index (χ3n) is 4.98. The SMILES string of the molecule is CC1(C)CN(Cc2ccc(I)cc2)C(C)(C2CC2)CN1. The predicted octanol–water partition coefficient (Wildman–Crippen LogP) is 3.64. The van der Waals surface area contributed by atoms with E-state index in [0.29, 0.717) is 5.54 Å². The van der Waals surface area contributed by atoms with E-state index in [1.54, 1.807) is 0 Å². The highest BCUT2D eigenvalue weighted by Crippen LogP contribution is 2.45. The van der Waals surface area contributed by atoms with Crippen LogP contribution in [0.3, 0.4) is 0 Å². The van der Waals surface area contributed by atoms with Crippen LogP contribution in [0.5, 0.6) is 0 Å². The van der Waals surface area contributed by atoms with Crippen LogP contribution < -0.4 is 5.32 Å². The second kappa shape index (κ2) is 5.25. The molecular formula is C17H25IN2. The lowest BCUT2D eigenvalue weighted by Gasteiger charge is -2.52. The van der Waals surface area contributed by atoms with E-state index >= 15 is 0 Å². The first-order valence-corrected chi connectivity index (χ1v) is 8.71. The molecule has 1 aliphatic carbocycles. The van der Waals surface area contributed by atoms with Gasteiger partial charge in [0.05, 0.1) is 0 Å². The number of benzene rings is 1. The number of hydrogen-bond donors (Lipinski definition) is 1. The van der Waals surface area contributed by atoms with Crippen LogP contribution in [0.1, 0.15) is 39.2 Å². The molecule has 2 nitrogen and oxygen atoms in total. The fourth-order valence-corrected chi connectivity index (χ4v) is 3.76. The van der Waals surface area contributed by atoms with Crippen LogP contribution in [-0.2, 0) is 6.54 Å². The van der Waals surface area contributed by atoms with Gasteiger partial charge in [-0.15, -0.1) is 0 Å². The Morgan fingerprint density at radius 2 is 1.85 bits per heavy atom. The minimum Gasteiger partial charge on any atom is -0.309 e. The molecule has 1 unspecified atom stereocenters. The van der Waals surface area contributed by atoms with Crippen molar-refractivity contribution in [3.8, 4) is 0 Å². The predicted molar refractivity (Wildman–Crippen MR) is 92.8 cm³/mol. The molecule has 1 saturated carbocycles. The summed E-state index contributed by atoms with van der Waals surface area (Å²) in [6.07, 6.45) is 2.81. The fourth-order valence-electron chi connectivity index (χ4n) is 3.40. The molecule has 2 fully saturated rings. The Labute approximate surface area is 136 Å². The monoisotopic (exact) mass is 384 g/mol. The smallest absolute Gasteiger partial charge is 0.0338 e. The lowest BCUT2D eigenvalue weighted by atomic mass is 9.85. The van der Waals surface area contributed by atoms with Crippen molar-refractivity contribution in [3.63, 3.8) is 0 Å². The molecule has 0 radical (unpaired) electrons. The van der Waals surface area contributed by atoms with Crippen LogP contribution in [0.4, 0.5) is 0 Å². The van der Waals surface area contributed by atoms with Gasteiger partial charge in [-0.1, -0.05) is 12.1 Å². The Balaban J connectivity index is 1.80. The molecule has 3 rings (SSSR count). The van der Waals surface area contributed by atoms with Crippen molar-refractivity contribution in [2.24, 2.45) is 5.92 Å². The van der Waals surface area contributed by atoms with Crippen LogP contribution in [0.15, 0.2) is 24.3 Å². The van der Waals surface area contributed by atoms with E-state index in [2.05, 4.69) is 77.8 Å². The summed E-state index contributed by atoms with van der Waals surface area (Å²) < 4.78 is 1.32. The lowest BCUT2D eigenvalue weighted by Crippen LogP contribution is -2.67. The summed E-state index contributed by atoms with van der Waals surface area (Å²) in [5, 5.41) is 3.75. The highest BCUT2D eigenvalue weighted by Gasteiger charge is 2.49. The molecule has 20 heavy (non-hydrogen) atoms. The van der Waals surface area contributed by atoms with Gasteiger partial charge in [0.2, 0.25) is 0 Å². The molecule has 1 heterocycles. The molecule has 0 spiro atoms. The van der Waals surface area contributed by atoms with E-state index < -0.39 is 0 Å². The van der Waals surface area contributed by atoms with Crippen molar-refractivity contribution in [3.05, 3.63) is 33.4 Å². The van der Waals surface area contributed by atoms with Gasteiger partial charge in [-0.05, 0) is 79.8 Å². The van der Waals surface area contributed by atoms with Gasteiger partial charge >= 0.3 is 0 Å². The summed E-state index contributed by atoms with van der Waals surface area (Å²) in [5.41, 5.74) is 1.99. The van der Waals surface area contributed by atoms with E-state index in [0.717, 1.165) is 25.6 Å². The number of hydrogen-bond acceptors (Lipinski definition) is 2. The molecule has 1 N–H and O–H groups in total. The molecule has 3 heteroatoms. The van der Waals surface area contributed by atoms with Gasteiger partial charge in [0.25, 0.3) is 0 Å². The maximum atomic E-state index is 3.75. The Bertz CT molecular complexity index is 478. The van der Waals surface area contributed by atoms with Crippen molar-refractivity contribution in [2.75, 3.05) is 13.1 Å². The lowest BCUT2D eigenvalue weighted by molar-refractivity contribution is 0.00520. The first kappa shape index (κ1) is 14.8. The van der Waals surface area contributed by atoms with E-state index in [1.807, 2.05) is 0 Å². The fraction of sp³-hybridized carbons (Fsp3) is 0.647. The third kappa shape index (κ3) is 3.04. The van der Waals surface area contributed by atoms with Crippen molar-refractivity contribution in [1.82, 2.24) is 10.2 Å². The average molecular weight is 384 g/mol. The molecule has 110 valence electrons. The summed E-state index contributed by atoms with van der Waals surface area (Å²) in [7, 11) is 0. The summed E-state index contributed by atoms with van der Waals surface area (Å²) in [6.45, 7) is 10.4. The molecule has 1 aromatic carbocycles. The Hall–Kier alpha value is -0.130. The number of piperazine rings is 1. The highest BCUT2D eigenvalue weighted by atomic mass is 127. The normalized spacial score (nSPS) is 30.4. The van der Waals surface area contributed by atoms with Crippen molar-refractivity contribution in [1.29, 1.82) is 0 Å². The Morgan fingerprint density at radius 3 is 2.45 bits per heavy atom. The number of nitrogens with one attached hydrogen (secondary N) is 1. The minimum absolute atomic E-state index is 0.220. The largest absolute Gasteiger partial charge is 0.309 e. The number of nitrogens with zero attached hydrogens (tertiary/aromatic N) is 1. The highest BCUT2D eigenvalue weighted by molar-refractivity contribution is 14.1. The maximum absolute atomic E-state index is 3.75. The summed E-state index contributed by atoms with van der Waals surface area (Å²) in [6, 6.07) is 9.00. The molecule has 0 aromatic heterocycles. The minimum atomic E-state index is 0.220. The third-order valence-corrected chi connectivity index (χ3v) is 5.70. The van der Waals surface area contributed by atoms with Gasteiger partial charge < -0.3 is 5.32 Å². The van der Waals surface area contributed by atoms with Gasteiger partial charge in [0.15, 0.2) is 0 Å². The first-order chi connectivity index (χ1) is 9.39. The van der Waals surface area contributed by atoms with Crippen LogP contribution >= 0.6 is 22.6 Å². The zero-order valence-electron chi connectivity index (χ0n) is 12.7. The first-order valence-electron chi connectivity index (χ1n) is 7.64. The van der Waals surface area contributed by atoms with Crippen molar-refractivity contribution < 1.29 is 0 Å². The van der Waals surface area contributed by atoms with Crippen LogP contribution in [-0.4, -0.2) is 29.1 Å². The molecule has 0 amide bonds. The molecule has 0 bridgehead atoms. The average Bonchev–Trinajstić information content (AvgIpc) is 3.21. The second-order valence-electron chi connectivity index (χ2n) is 7.35. The Kier molecular flexibility index (Phi) is 3.89. The van der Waals surface area contributed by atoms with Crippen LogP contribution in [0.25, 0.3) is 0 Å². The topological polar surface area (TPSA) is 15.3 Å². The molecule has 1 aromatic rings. The second-order valence-corrected chi connectivity index (χ2v) is 8.60. The summed E-state index contributed by atoms with van der Waals surface area (Å²) >= 11 is 2.38. The van der Waals surface area contributed by atoms with E-state index in [1.165, 1.54) is 22.0 Å². The molecular weight excluding hydrogens is 359 g/mol.